The Morgan fingerprint density at radius 3 is 2.78 bits per heavy atom. The van der Waals surface area contributed by atoms with Crippen LogP contribution in [0.25, 0.3) is 0 Å². The van der Waals surface area contributed by atoms with E-state index in [0.717, 1.165) is 24.8 Å². The van der Waals surface area contributed by atoms with Gasteiger partial charge in [-0.3, -0.25) is 9.48 Å². The van der Waals surface area contributed by atoms with Crippen LogP contribution in [-0.2, 0) is 34.5 Å². The van der Waals surface area contributed by atoms with Gasteiger partial charge in [0.25, 0.3) is 0 Å². The van der Waals surface area contributed by atoms with Crippen LogP contribution in [0.3, 0.4) is 0 Å². The van der Waals surface area contributed by atoms with E-state index >= 15 is 0 Å². The maximum absolute atomic E-state index is 12.4. The molecule has 2 aromatic rings. The van der Waals surface area contributed by atoms with Crippen LogP contribution in [0.1, 0.15) is 24.0 Å². The molecule has 1 aromatic carbocycles. The average molecular weight is 333 g/mol. The van der Waals surface area contributed by atoms with E-state index in [4.69, 9.17) is 0 Å². The van der Waals surface area contributed by atoms with Crippen molar-refractivity contribution in [3.05, 3.63) is 41.6 Å². The standard InChI is InChI=1S/C16H19N3O3S/c1-19-9-7-15(18-19)17-16(20)8-10-23(21,22)14-6-5-12-3-2-4-13(12)11-14/h5-7,9,11H,2-4,8,10H2,1H3,(H,17,18,20). The third kappa shape index (κ3) is 3.61. The molecular weight excluding hydrogens is 314 g/mol. The minimum Gasteiger partial charge on any atom is -0.309 e. The number of aryl methyl sites for hydroxylation is 3. The fourth-order valence-electron chi connectivity index (χ4n) is 2.77. The fourth-order valence-corrected chi connectivity index (χ4v) is 4.06. The van der Waals surface area contributed by atoms with Gasteiger partial charge in [0.15, 0.2) is 15.7 Å². The van der Waals surface area contributed by atoms with Crippen molar-refractivity contribution in [1.82, 2.24) is 9.78 Å². The van der Waals surface area contributed by atoms with Crippen molar-refractivity contribution in [2.75, 3.05) is 11.1 Å². The SMILES string of the molecule is Cn1ccc(NC(=O)CCS(=O)(=O)c2ccc3c(c2)CCC3)n1. The van der Waals surface area contributed by atoms with Gasteiger partial charge in [-0.05, 0) is 42.5 Å². The molecule has 0 radical (unpaired) electrons. The van der Waals surface area contributed by atoms with Crippen LogP contribution in [0.4, 0.5) is 5.82 Å². The normalized spacial score (nSPS) is 13.8. The van der Waals surface area contributed by atoms with Crippen molar-refractivity contribution >= 4 is 21.6 Å². The zero-order valence-electron chi connectivity index (χ0n) is 12.9. The predicted molar refractivity (Wildman–Crippen MR) is 87.0 cm³/mol. The summed E-state index contributed by atoms with van der Waals surface area (Å²) in [6.45, 7) is 0. The summed E-state index contributed by atoms with van der Waals surface area (Å²) in [5.74, 6) is -0.134. The van der Waals surface area contributed by atoms with Crippen LogP contribution in [0.2, 0.25) is 0 Å². The first-order valence-electron chi connectivity index (χ1n) is 7.58. The van der Waals surface area contributed by atoms with Crippen LogP contribution in [-0.4, -0.2) is 29.9 Å². The summed E-state index contributed by atoms with van der Waals surface area (Å²) in [6, 6.07) is 6.96. The molecule has 0 atom stereocenters. The molecule has 0 fully saturated rings. The molecule has 0 saturated carbocycles. The fraction of sp³-hybridized carbons (Fsp3) is 0.375. The number of fused-ring (bicyclic) bond motifs is 1. The van der Waals surface area contributed by atoms with Crippen molar-refractivity contribution in [2.45, 2.75) is 30.6 Å². The summed E-state index contributed by atoms with van der Waals surface area (Å²) in [4.78, 5) is 12.2. The number of aromatic nitrogens is 2. The number of benzene rings is 1. The summed E-state index contributed by atoms with van der Waals surface area (Å²) in [5, 5.41) is 6.62. The molecule has 7 heteroatoms. The average Bonchev–Trinajstić information content (AvgIpc) is 3.13. The number of carbonyl (C=O) groups excluding carboxylic acids is 1. The van der Waals surface area contributed by atoms with E-state index in [9.17, 15) is 13.2 Å². The topological polar surface area (TPSA) is 81.1 Å². The first kappa shape index (κ1) is 15.7. The molecule has 0 aliphatic heterocycles. The summed E-state index contributed by atoms with van der Waals surface area (Å²) in [6.07, 6.45) is 4.64. The third-order valence-electron chi connectivity index (χ3n) is 4.01. The van der Waals surface area contributed by atoms with Gasteiger partial charge in [0.2, 0.25) is 5.91 Å². The van der Waals surface area contributed by atoms with Crippen molar-refractivity contribution in [3.63, 3.8) is 0 Å². The van der Waals surface area contributed by atoms with Gasteiger partial charge in [-0.25, -0.2) is 8.42 Å². The van der Waals surface area contributed by atoms with E-state index in [2.05, 4.69) is 10.4 Å². The Morgan fingerprint density at radius 1 is 1.26 bits per heavy atom. The summed E-state index contributed by atoms with van der Waals surface area (Å²) in [5.41, 5.74) is 2.35. The molecule has 0 saturated heterocycles. The van der Waals surface area contributed by atoms with Crippen molar-refractivity contribution in [3.8, 4) is 0 Å². The molecule has 1 aliphatic rings. The number of anilines is 1. The van der Waals surface area contributed by atoms with Gasteiger partial charge in [-0.15, -0.1) is 0 Å². The van der Waals surface area contributed by atoms with Crippen molar-refractivity contribution < 1.29 is 13.2 Å². The van der Waals surface area contributed by atoms with Crippen LogP contribution in [0.15, 0.2) is 35.4 Å². The van der Waals surface area contributed by atoms with Gasteiger partial charge in [-0.1, -0.05) is 6.07 Å². The number of hydrogen-bond donors (Lipinski definition) is 1. The second-order valence-electron chi connectivity index (χ2n) is 5.78. The second-order valence-corrected chi connectivity index (χ2v) is 7.88. The van der Waals surface area contributed by atoms with E-state index in [0.29, 0.717) is 10.7 Å². The molecule has 0 bridgehead atoms. The molecule has 23 heavy (non-hydrogen) atoms. The van der Waals surface area contributed by atoms with Crippen LogP contribution < -0.4 is 5.32 Å². The number of amides is 1. The minimum atomic E-state index is -3.45. The number of hydrogen-bond acceptors (Lipinski definition) is 4. The maximum Gasteiger partial charge on any atom is 0.226 e. The highest BCUT2D eigenvalue weighted by molar-refractivity contribution is 7.91. The van der Waals surface area contributed by atoms with E-state index < -0.39 is 9.84 Å². The Kier molecular flexibility index (Phi) is 4.21. The van der Waals surface area contributed by atoms with E-state index in [-0.39, 0.29) is 18.1 Å². The van der Waals surface area contributed by atoms with Gasteiger partial charge in [0.05, 0.1) is 10.6 Å². The first-order chi connectivity index (χ1) is 10.9. The van der Waals surface area contributed by atoms with Gasteiger partial charge in [0.1, 0.15) is 0 Å². The molecule has 1 heterocycles. The lowest BCUT2D eigenvalue weighted by atomic mass is 10.1. The second kappa shape index (κ2) is 6.16. The Morgan fingerprint density at radius 2 is 2.04 bits per heavy atom. The number of sulfone groups is 1. The molecule has 1 amide bonds. The number of carbonyl (C=O) groups is 1. The quantitative estimate of drug-likeness (QED) is 0.903. The first-order valence-corrected chi connectivity index (χ1v) is 9.23. The van der Waals surface area contributed by atoms with E-state index in [1.54, 1.807) is 36.1 Å². The Bertz CT molecular complexity index is 840. The monoisotopic (exact) mass is 333 g/mol. The van der Waals surface area contributed by atoms with Gasteiger partial charge in [-0.2, -0.15) is 5.10 Å². The zero-order valence-corrected chi connectivity index (χ0v) is 13.8. The highest BCUT2D eigenvalue weighted by atomic mass is 32.2. The number of nitrogens with zero attached hydrogens (tertiary/aromatic N) is 2. The molecule has 1 N–H and O–H groups in total. The lowest BCUT2D eigenvalue weighted by molar-refractivity contribution is -0.115. The van der Waals surface area contributed by atoms with Gasteiger partial charge in [0, 0.05) is 25.7 Å². The molecule has 0 spiro atoms. The van der Waals surface area contributed by atoms with Crippen LogP contribution >= 0.6 is 0 Å². The van der Waals surface area contributed by atoms with Crippen molar-refractivity contribution in [2.24, 2.45) is 7.05 Å². The van der Waals surface area contributed by atoms with Crippen LogP contribution in [0, 0.1) is 0 Å². The number of nitrogens with one attached hydrogen (secondary N) is 1. The lowest BCUT2D eigenvalue weighted by Gasteiger charge is -2.07. The Balaban J connectivity index is 1.63. The highest BCUT2D eigenvalue weighted by Gasteiger charge is 2.20. The molecule has 6 nitrogen and oxygen atoms in total. The zero-order chi connectivity index (χ0) is 16.4. The summed E-state index contributed by atoms with van der Waals surface area (Å²) < 4.78 is 26.4. The minimum absolute atomic E-state index is 0.0873. The van der Waals surface area contributed by atoms with Crippen LogP contribution in [0.5, 0.6) is 0 Å². The Labute approximate surface area is 135 Å². The van der Waals surface area contributed by atoms with Crippen molar-refractivity contribution in [1.29, 1.82) is 0 Å². The lowest BCUT2D eigenvalue weighted by Crippen LogP contribution is -2.18. The summed E-state index contributed by atoms with van der Waals surface area (Å²) >= 11 is 0. The molecule has 122 valence electrons. The smallest absolute Gasteiger partial charge is 0.226 e. The van der Waals surface area contributed by atoms with E-state index in [1.165, 1.54) is 5.56 Å². The Hall–Kier alpha value is -2.15. The van der Waals surface area contributed by atoms with Gasteiger partial charge >= 0.3 is 0 Å². The molecule has 3 rings (SSSR count). The van der Waals surface area contributed by atoms with Gasteiger partial charge < -0.3 is 5.32 Å². The predicted octanol–water partition coefficient (Wildman–Crippen LogP) is 1.71. The maximum atomic E-state index is 12.4. The number of rotatable bonds is 5. The third-order valence-corrected chi connectivity index (χ3v) is 5.72. The van der Waals surface area contributed by atoms with E-state index in [1.807, 2.05) is 6.07 Å². The molecule has 1 aliphatic carbocycles. The largest absolute Gasteiger partial charge is 0.309 e. The highest BCUT2D eigenvalue weighted by Crippen LogP contribution is 2.25. The molecular formula is C16H19N3O3S. The molecule has 0 unspecified atom stereocenters. The molecule has 1 aromatic heterocycles. The summed E-state index contributed by atoms with van der Waals surface area (Å²) in [7, 11) is -1.71.